The first-order valence-corrected chi connectivity index (χ1v) is 34.4. The molecule has 0 rings (SSSR count). The van der Waals surface area contributed by atoms with Crippen molar-refractivity contribution in [2.45, 2.75) is 361 Å². The summed E-state index contributed by atoms with van der Waals surface area (Å²) < 4.78 is 16.9. The molecule has 0 aliphatic carbocycles. The zero-order valence-corrected chi connectivity index (χ0v) is 52.6. The van der Waals surface area contributed by atoms with E-state index in [1.54, 1.807) is 0 Å². The van der Waals surface area contributed by atoms with Crippen molar-refractivity contribution in [2.75, 3.05) is 13.2 Å². The third kappa shape index (κ3) is 65.5. The molecule has 6 nitrogen and oxygen atoms in total. The van der Waals surface area contributed by atoms with Gasteiger partial charge in [-0.3, -0.25) is 14.4 Å². The average molecular weight is 1100 g/mol. The van der Waals surface area contributed by atoms with E-state index in [-0.39, 0.29) is 31.1 Å². The van der Waals surface area contributed by atoms with Gasteiger partial charge in [0, 0.05) is 19.3 Å². The number of hydrogen-bond donors (Lipinski definition) is 0. The molecule has 1 unspecified atom stereocenters. The van der Waals surface area contributed by atoms with Crippen molar-refractivity contribution >= 4 is 17.9 Å². The highest BCUT2D eigenvalue weighted by Crippen LogP contribution is 2.17. The Bertz CT molecular complexity index is 1450. The van der Waals surface area contributed by atoms with Crippen LogP contribution in [0.15, 0.2) is 72.9 Å². The van der Waals surface area contributed by atoms with Crippen molar-refractivity contribution in [3.63, 3.8) is 0 Å². The van der Waals surface area contributed by atoms with Gasteiger partial charge in [0.05, 0.1) is 0 Å². The first kappa shape index (κ1) is 75.8. The number of rotatable bonds is 63. The predicted molar refractivity (Wildman–Crippen MR) is 344 cm³/mol. The van der Waals surface area contributed by atoms with E-state index >= 15 is 0 Å². The second-order valence-corrected chi connectivity index (χ2v) is 23.1. The zero-order valence-electron chi connectivity index (χ0n) is 52.6. The molecule has 0 fully saturated rings. The van der Waals surface area contributed by atoms with Crippen LogP contribution in [0.2, 0.25) is 0 Å². The molecule has 0 aromatic rings. The summed E-state index contributed by atoms with van der Waals surface area (Å²) in [5.41, 5.74) is 0. The molecule has 0 aromatic heterocycles. The van der Waals surface area contributed by atoms with Gasteiger partial charge in [-0.15, -0.1) is 0 Å². The Morgan fingerprint density at radius 3 is 0.759 bits per heavy atom. The number of carbonyl (C=O) groups is 3. The molecule has 79 heavy (non-hydrogen) atoms. The molecule has 1 atom stereocenters. The van der Waals surface area contributed by atoms with Crippen LogP contribution in [-0.4, -0.2) is 37.2 Å². The molecule has 0 amide bonds. The highest BCUT2D eigenvalue weighted by atomic mass is 16.6. The van der Waals surface area contributed by atoms with E-state index in [2.05, 4.69) is 93.7 Å². The van der Waals surface area contributed by atoms with Gasteiger partial charge in [0.15, 0.2) is 6.10 Å². The lowest BCUT2D eigenvalue weighted by Crippen LogP contribution is -2.30. The Labute approximate surface area is 491 Å². The normalized spacial score (nSPS) is 12.5. The molecule has 0 N–H and O–H groups in total. The summed E-state index contributed by atoms with van der Waals surface area (Å²) in [4.78, 5) is 38.3. The highest BCUT2D eigenvalue weighted by Gasteiger charge is 2.19. The SMILES string of the molecule is CCCC/C=C\C/C=C\CCCCCCCC(=O)OCC(COC(=O)CCCCCCCCCCCCCCCCCC/C=C\C/C=C\C/C=C\CCCCCCC)OC(=O)CCCCCCC/C=C\CCCCCCCCC. The van der Waals surface area contributed by atoms with Gasteiger partial charge < -0.3 is 14.2 Å². The van der Waals surface area contributed by atoms with Gasteiger partial charge in [0.2, 0.25) is 0 Å². The number of unbranched alkanes of at least 4 members (excludes halogenated alkanes) is 40. The highest BCUT2D eigenvalue weighted by molar-refractivity contribution is 5.71. The Hall–Kier alpha value is -3.15. The number of ether oxygens (including phenoxy) is 3. The Morgan fingerprint density at radius 1 is 0.253 bits per heavy atom. The standard InChI is InChI=1S/C73H130O6/c1-4-7-10-13-16-19-22-25-28-30-31-32-33-34-35-36-37-38-39-40-41-42-43-44-46-48-51-54-57-60-63-66-72(75)78-69-70(68-77-71(74)65-62-59-56-53-50-47-27-24-21-18-15-12-9-6-3)79-73(76)67-64-61-58-55-52-49-45-29-26-23-20-17-14-11-8-5-2/h15,18,22,24-25,27,29-31,33-34,45,70H,4-14,16-17,19-21,23,26,28,32,35-44,46-69H2,1-3H3/b18-15-,25-22-,27-24-,31-30-,34-33-,45-29-. The van der Waals surface area contributed by atoms with E-state index in [1.807, 2.05) is 0 Å². The number of allylic oxidation sites excluding steroid dienone is 12. The summed E-state index contributed by atoms with van der Waals surface area (Å²) in [6.45, 7) is 6.61. The third-order valence-electron chi connectivity index (χ3n) is 15.2. The summed E-state index contributed by atoms with van der Waals surface area (Å²) in [6, 6.07) is 0. The summed E-state index contributed by atoms with van der Waals surface area (Å²) >= 11 is 0. The lowest BCUT2D eigenvalue weighted by molar-refractivity contribution is -0.167. The molecule has 0 aliphatic rings. The minimum atomic E-state index is -0.785. The Morgan fingerprint density at radius 2 is 0.468 bits per heavy atom. The number of esters is 3. The minimum Gasteiger partial charge on any atom is -0.462 e. The van der Waals surface area contributed by atoms with Crippen LogP contribution in [0.3, 0.4) is 0 Å². The predicted octanol–water partition coefficient (Wildman–Crippen LogP) is 23.7. The van der Waals surface area contributed by atoms with Gasteiger partial charge in [0.25, 0.3) is 0 Å². The van der Waals surface area contributed by atoms with Crippen LogP contribution in [0.4, 0.5) is 0 Å². The lowest BCUT2D eigenvalue weighted by Gasteiger charge is -2.18. The maximum absolute atomic E-state index is 12.9. The molecule has 0 saturated carbocycles. The van der Waals surface area contributed by atoms with Crippen LogP contribution in [0.5, 0.6) is 0 Å². The third-order valence-corrected chi connectivity index (χ3v) is 15.2. The molecule has 0 saturated heterocycles. The average Bonchev–Trinajstić information content (AvgIpc) is 3.45. The van der Waals surface area contributed by atoms with Gasteiger partial charge in [-0.05, 0) is 109 Å². The van der Waals surface area contributed by atoms with E-state index in [4.69, 9.17) is 14.2 Å². The summed E-state index contributed by atoms with van der Waals surface area (Å²) in [7, 11) is 0. The fourth-order valence-corrected chi connectivity index (χ4v) is 9.93. The van der Waals surface area contributed by atoms with Crippen molar-refractivity contribution in [3.05, 3.63) is 72.9 Å². The van der Waals surface area contributed by atoms with E-state index in [1.165, 1.54) is 212 Å². The smallest absolute Gasteiger partial charge is 0.306 e. The zero-order chi connectivity index (χ0) is 57.1. The van der Waals surface area contributed by atoms with Gasteiger partial charge in [-0.2, -0.15) is 0 Å². The molecule has 458 valence electrons. The fraction of sp³-hybridized carbons (Fsp3) is 0.795. The van der Waals surface area contributed by atoms with E-state index < -0.39 is 6.10 Å². The first-order valence-electron chi connectivity index (χ1n) is 34.4. The topological polar surface area (TPSA) is 78.9 Å². The lowest BCUT2D eigenvalue weighted by atomic mass is 10.0. The van der Waals surface area contributed by atoms with E-state index in [0.29, 0.717) is 19.3 Å². The van der Waals surface area contributed by atoms with Crippen molar-refractivity contribution in [2.24, 2.45) is 0 Å². The molecule has 0 spiro atoms. The van der Waals surface area contributed by atoms with Crippen LogP contribution in [0.25, 0.3) is 0 Å². The molecule has 0 aliphatic heterocycles. The molecule has 0 heterocycles. The molecule has 0 radical (unpaired) electrons. The molecule has 0 aromatic carbocycles. The molecule has 6 heteroatoms. The van der Waals surface area contributed by atoms with Crippen LogP contribution in [0.1, 0.15) is 355 Å². The van der Waals surface area contributed by atoms with Crippen LogP contribution < -0.4 is 0 Å². The second kappa shape index (κ2) is 67.4. The van der Waals surface area contributed by atoms with Crippen LogP contribution in [-0.2, 0) is 28.6 Å². The van der Waals surface area contributed by atoms with Gasteiger partial charge >= 0.3 is 17.9 Å². The number of carbonyl (C=O) groups excluding carboxylic acids is 3. The summed E-state index contributed by atoms with van der Waals surface area (Å²) in [5.74, 6) is -0.887. The monoisotopic (exact) mass is 1100 g/mol. The summed E-state index contributed by atoms with van der Waals surface area (Å²) in [5, 5.41) is 0. The van der Waals surface area contributed by atoms with Gasteiger partial charge in [-0.25, -0.2) is 0 Å². The number of hydrogen-bond acceptors (Lipinski definition) is 6. The van der Waals surface area contributed by atoms with Crippen LogP contribution in [0, 0.1) is 0 Å². The minimum absolute atomic E-state index is 0.0806. The van der Waals surface area contributed by atoms with Gasteiger partial charge in [-0.1, -0.05) is 299 Å². The van der Waals surface area contributed by atoms with E-state index in [0.717, 1.165) is 103 Å². The Balaban J connectivity index is 4.20. The molecular formula is C73H130O6. The molecular weight excluding hydrogens is 973 g/mol. The largest absolute Gasteiger partial charge is 0.462 e. The van der Waals surface area contributed by atoms with Crippen molar-refractivity contribution in [1.29, 1.82) is 0 Å². The van der Waals surface area contributed by atoms with Crippen molar-refractivity contribution < 1.29 is 28.6 Å². The Kier molecular flexibility index (Phi) is 64.7. The quantitative estimate of drug-likeness (QED) is 0.0261. The maximum atomic E-state index is 12.9. The fourth-order valence-electron chi connectivity index (χ4n) is 9.93. The van der Waals surface area contributed by atoms with Crippen LogP contribution >= 0.6 is 0 Å². The molecule has 0 bridgehead atoms. The summed E-state index contributed by atoms with van der Waals surface area (Å²) in [6.07, 6.45) is 87.8. The maximum Gasteiger partial charge on any atom is 0.306 e. The van der Waals surface area contributed by atoms with Gasteiger partial charge in [0.1, 0.15) is 13.2 Å². The van der Waals surface area contributed by atoms with Crippen molar-refractivity contribution in [3.8, 4) is 0 Å². The van der Waals surface area contributed by atoms with E-state index in [9.17, 15) is 14.4 Å². The second-order valence-electron chi connectivity index (χ2n) is 23.1. The first-order chi connectivity index (χ1) is 39.0. The van der Waals surface area contributed by atoms with Crippen molar-refractivity contribution in [1.82, 2.24) is 0 Å².